The van der Waals surface area contributed by atoms with Gasteiger partial charge in [0.15, 0.2) is 0 Å². The Morgan fingerprint density at radius 1 is 1.44 bits per heavy atom. The summed E-state index contributed by atoms with van der Waals surface area (Å²) in [6, 6.07) is 5.91. The smallest absolute Gasteiger partial charge is 0.224 e. The second-order valence-electron chi connectivity index (χ2n) is 3.71. The highest BCUT2D eigenvalue weighted by Gasteiger charge is 2.14. The molecular weight excluding hydrogens is 222 g/mol. The van der Waals surface area contributed by atoms with E-state index in [0.29, 0.717) is 13.0 Å². The maximum absolute atomic E-state index is 11.2. The summed E-state index contributed by atoms with van der Waals surface area (Å²) >= 11 is 1.76. The summed E-state index contributed by atoms with van der Waals surface area (Å²) in [5, 5.41) is 2.87. The van der Waals surface area contributed by atoms with Crippen LogP contribution in [0.3, 0.4) is 0 Å². The van der Waals surface area contributed by atoms with E-state index in [0.717, 1.165) is 23.6 Å². The number of hydrogen-bond acceptors (Lipinski definition) is 3. The van der Waals surface area contributed by atoms with Crippen molar-refractivity contribution in [3.63, 3.8) is 0 Å². The lowest BCUT2D eigenvalue weighted by Gasteiger charge is -2.17. The molecule has 2 rings (SSSR count). The van der Waals surface area contributed by atoms with Gasteiger partial charge in [-0.25, -0.2) is 0 Å². The number of carbonyl (C=O) groups excluding carboxylic acids is 1. The number of rotatable bonds is 4. The fourth-order valence-electron chi connectivity index (χ4n) is 1.68. The van der Waals surface area contributed by atoms with Crippen LogP contribution in [0.15, 0.2) is 18.2 Å². The third kappa shape index (κ3) is 2.70. The molecule has 0 aliphatic carbocycles. The lowest BCUT2D eigenvalue weighted by atomic mass is 10.0. The van der Waals surface area contributed by atoms with Crippen LogP contribution in [0.5, 0.6) is 5.75 Å². The van der Waals surface area contributed by atoms with E-state index in [9.17, 15) is 4.79 Å². The monoisotopic (exact) mass is 237 g/mol. The number of nitrogens with one attached hydrogen (secondary N) is 1. The molecule has 0 spiro atoms. The Morgan fingerprint density at radius 3 is 3.12 bits per heavy atom. The maximum Gasteiger partial charge on any atom is 0.224 e. The van der Waals surface area contributed by atoms with Crippen LogP contribution in [0.1, 0.15) is 12.0 Å². The van der Waals surface area contributed by atoms with E-state index in [1.54, 1.807) is 11.8 Å². The molecule has 1 amide bonds. The maximum atomic E-state index is 11.2. The largest absolute Gasteiger partial charge is 0.493 e. The number of thioether (sulfide) groups is 1. The number of amides is 1. The molecule has 0 saturated carbocycles. The molecule has 1 aliphatic heterocycles. The third-order valence-corrected chi connectivity index (χ3v) is 3.11. The molecule has 0 atom stereocenters. The van der Waals surface area contributed by atoms with Crippen molar-refractivity contribution in [2.75, 3.05) is 23.9 Å². The summed E-state index contributed by atoms with van der Waals surface area (Å²) in [5.41, 5.74) is 2.09. The van der Waals surface area contributed by atoms with E-state index in [1.807, 2.05) is 18.2 Å². The lowest BCUT2D eigenvalue weighted by Crippen LogP contribution is -2.18. The van der Waals surface area contributed by atoms with Crippen molar-refractivity contribution in [1.82, 2.24) is 0 Å². The van der Waals surface area contributed by atoms with Gasteiger partial charge in [0.2, 0.25) is 5.91 Å². The number of ether oxygens (including phenoxy) is 1. The van der Waals surface area contributed by atoms with Gasteiger partial charge in [0.05, 0.1) is 6.61 Å². The molecule has 1 aromatic rings. The first kappa shape index (κ1) is 11.3. The van der Waals surface area contributed by atoms with E-state index in [2.05, 4.69) is 11.6 Å². The molecule has 1 heterocycles. The van der Waals surface area contributed by atoms with Crippen LogP contribution in [-0.2, 0) is 11.2 Å². The van der Waals surface area contributed by atoms with Gasteiger partial charge in [-0.15, -0.1) is 0 Å². The van der Waals surface area contributed by atoms with Crippen LogP contribution in [0.25, 0.3) is 0 Å². The fraction of sp³-hybridized carbons (Fsp3) is 0.417. The van der Waals surface area contributed by atoms with E-state index in [1.165, 1.54) is 5.56 Å². The lowest BCUT2D eigenvalue weighted by molar-refractivity contribution is -0.116. The number of carbonyl (C=O) groups is 1. The van der Waals surface area contributed by atoms with Gasteiger partial charge in [-0.05, 0) is 24.3 Å². The highest BCUT2D eigenvalue weighted by Crippen LogP contribution is 2.27. The zero-order valence-electron chi connectivity index (χ0n) is 9.29. The molecule has 0 unspecified atom stereocenters. The van der Waals surface area contributed by atoms with Crippen molar-refractivity contribution in [3.8, 4) is 5.75 Å². The average Bonchev–Trinajstić information content (AvgIpc) is 2.29. The van der Waals surface area contributed by atoms with Gasteiger partial charge in [0, 0.05) is 23.9 Å². The molecule has 4 heteroatoms. The Labute approximate surface area is 99.6 Å². The summed E-state index contributed by atoms with van der Waals surface area (Å²) in [5.74, 6) is 1.90. The Kier molecular flexibility index (Phi) is 3.72. The van der Waals surface area contributed by atoms with Gasteiger partial charge < -0.3 is 10.1 Å². The molecule has 1 aliphatic rings. The quantitative estimate of drug-likeness (QED) is 0.817. The molecule has 0 saturated heterocycles. The molecule has 1 aromatic carbocycles. The summed E-state index contributed by atoms with van der Waals surface area (Å²) in [7, 11) is 0. The summed E-state index contributed by atoms with van der Waals surface area (Å²) in [4.78, 5) is 11.2. The minimum atomic E-state index is 0.0914. The van der Waals surface area contributed by atoms with Gasteiger partial charge >= 0.3 is 0 Å². The topological polar surface area (TPSA) is 38.3 Å². The summed E-state index contributed by atoms with van der Waals surface area (Å²) < 4.78 is 5.58. The van der Waals surface area contributed by atoms with Crippen molar-refractivity contribution in [2.24, 2.45) is 0 Å². The summed E-state index contributed by atoms with van der Waals surface area (Å²) in [6.45, 7) is 0.702. The molecule has 0 fully saturated rings. The second-order valence-corrected chi connectivity index (χ2v) is 4.69. The van der Waals surface area contributed by atoms with Gasteiger partial charge in [-0.2, -0.15) is 11.8 Å². The van der Waals surface area contributed by atoms with Gasteiger partial charge in [-0.1, -0.05) is 6.07 Å². The Morgan fingerprint density at radius 2 is 2.31 bits per heavy atom. The Hall–Kier alpha value is -1.16. The highest BCUT2D eigenvalue weighted by atomic mass is 32.2. The SMILES string of the molecule is CSCCOc1ccc2c(c1)NC(=O)CC2. The van der Waals surface area contributed by atoms with E-state index < -0.39 is 0 Å². The molecule has 1 N–H and O–H groups in total. The Bertz CT molecular complexity index is 393. The first-order valence-electron chi connectivity index (χ1n) is 5.34. The predicted molar refractivity (Wildman–Crippen MR) is 67.3 cm³/mol. The molecule has 86 valence electrons. The van der Waals surface area contributed by atoms with Gasteiger partial charge in [-0.3, -0.25) is 4.79 Å². The van der Waals surface area contributed by atoms with Crippen molar-refractivity contribution in [1.29, 1.82) is 0 Å². The highest BCUT2D eigenvalue weighted by molar-refractivity contribution is 7.98. The van der Waals surface area contributed by atoms with E-state index >= 15 is 0 Å². The molecule has 0 bridgehead atoms. The predicted octanol–water partition coefficient (Wildman–Crippen LogP) is 2.31. The van der Waals surface area contributed by atoms with Crippen LogP contribution in [0, 0.1) is 0 Å². The normalized spacial score (nSPS) is 14.2. The van der Waals surface area contributed by atoms with E-state index in [-0.39, 0.29) is 5.91 Å². The van der Waals surface area contributed by atoms with Crippen molar-refractivity contribution in [2.45, 2.75) is 12.8 Å². The molecule has 3 nitrogen and oxygen atoms in total. The van der Waals surface area contributed by atoms with Crippen LogP contribution >= 0.6 is 11.8 Å². The first-order chi connectivity index (χ1) is 7.79. The van der Waals surface area contributed by atoms with Crippen molar-refractivity contribution < 1.29 is 9.53 Å². The summed E-state index contributed by atoms with van der Waals surface area (Å²) in [6.07, 6.45) is 3.46. The van der Waals surface area contributed by atoms with Crippen LogP contribution in [0.2, 0.25) is 0 Å². The van der Waals surface area contributed by atoms with Crippen molar-refractivity contribution >= 4 is 23.4 Å². The minimum Gasteiger partial charge on any atom is -0.493 e. The zero-order chi connectivity index (χ0) is 11.4. The van der Waals surface area contributed by atoms with Gasteiger partial charge in [0.25, 0.3) is 0 Å². The average molecular weight is 237 g/mol. The minimum absolute atomic E-state index is 0.0914. The Balaban J connectivity index is 2.06. The first-order valence-corrected chi connectivity index (χ1v) is 6.73. The number of aryl methyl sites for hydroxylation is 1. The second kappa shape index (κ2) is 5.25. The van der Waals surface area contributed by atoms with Gasteiger partial charge in [0.1, 0.15) is 5.75 Å². The number of fused-ring (bicyclic) bond motifs is 1. The standard InChI is InChI=1S/C12H15NO2S/c1-16-7-6-15-10-4-2-9-3-5-12(14)13-11(9)8-10/h2,4,8H,3,5-7H2,1H3,(H,13,14). The van der Waals surface area contributed by atoms with Crippen LogP contribution < -0.4 is 10.1 Å². The fourth-order valence-corrected chi connectivity index (χ4v) is 1.93. The number of anilines is 1. The number of hydrogen-bond donors (Lipinski definition) is 1. The molecule has 16 heavy (non-hydrogen) atoms. The van der Waals surface area contributed by atoms with E-state index in [4.69, 9.17) is 4.74 Å². The van der Waals surface area contributed by atoms with Crippen molar-refractivity contribution in [3.05, 3.63) is 23.8 Å². The van der Waals surface area contributed by atoms with Crippen LogP contribution in [-0.4, -0.2) is 24.5 Å². The zero-order valence-corrected chi connectivity index (χ0v) is 10.1. The molecular formula is C12H15NO2S. The molecule has 0 aromatic heterocycles. The number of benzene rings is 1. The molecule has 0 radical (unpaired) electrons. The third-order valence-electron chi connectivity index (χ3n) is 2.53. The van der Waals surface area contributed by atoms with Crippen LogP contribution in [0.4, 0.5) is 5.69 Å².